The smallest absolute Gasteiger partial charge is 0.256 e. The summed E-state index contributed by atoms with van der Waals surface area (Å²) in [4.78, 5) is 33.1. The van der Waals surface area contributed by atoms with Crippen LogP contribution in [-0.4, -0.2) is 52.8 Å². The molecule has 0 saturated heterocycles. The van der Waals surface area contributed by atoms with Crippen molar-refractivity contribution >= 4 is 29.2 Å². The zero-order valence-electron chi connectivity index (χ0n) is 17.8. The predicted molar refractivity (Wildman–Crippen MR) is 120 cm³/mol. The normalized spacial score (nSPS) is 16.5. The van der Waals surface area contributed by atoms with E-state index < -0.39 is 0 Å². The lowest BCUT2D eigenvalue weighted by Gasteiger charge is -2.29. The first-order chi connectivity index (χ1) is 14.4. The first-order valence-electron chi connectivity index (χ1n) is 10.4. The summed E-state index contributed by atoms with van der Waals surface area (Å²) >= 11 is 0. The van der Waals surface area contributed by atoms with Crippen molar-refractivity contribution in [3.8, 4) is 0 Å². The third-order valence-corrected chi connectivity index (χ3v) is 6.07. The van der Waals surface area contributed by atoms with Crippen LogP contribution in [0.5, 0.6) is 0 Å². The summed E-state index contributed by atoms with van der Waals surface area (Å²) in [5.74, 6) is -0.0542. The number of anilines is 1. The van der Waals surface area contributed by atoms with E-state index in [0.717, 1.165) is 58.8 Å². The van der Waals surface area contributed by atoms with Crippen molar-refractivity contribution in [3.63, 3.8) is 0 Å². The standard InChI is InChI=1S/C24H28N4O2/c1-5-27(6-2)11-12-28-10-9-20-22(24(28)30)16(4)21(25-20)14-18-17-13-15(3)7-8-19(17)26-23(18)29/h5,7-8,13-14,25H,1,6,9-12H2,2-4H3,(H,26,29)/b18-14-. The molecule has 0 spiro atoms. The van der Waals surface area contributed by atoms with E-state index >= 15 is 0 Å². The Bertz CT molecular complexity index is 1060. The molecule has 0 atom stereocenters. The van der Waals surface area contributed by atoms with Gasteiger partial charge >= 0.3 is 0 Å². The van der Waals surface area contributed by atoms with Gasteiger partial charge in [-0.2, -0.15) is 0 Å². The zero-order chi connectivity index (χ0) is 21.4. The number of carbonyl (C=O) groups is 2. The Hall–Kier alpha value is -3.28. The molecular formula is C24H28N4O2. The molecule has 6 nitrogen and oxygen atoms in total. The summed E-state index contributed by atoms with van der Waals surface area (Å²) < 4.78 is 0. The van der Waals surface area contributed by atoms with Gasteiger partial charge in [0.1, 0.15) is 0 Å². The van der Waals surface area contributed by atoms with Gasteiger partial charge in [0.2, 0.25) is 0 Å². The Kier molecular flexibility index (Phi) is 5.24. The second kappa shape index (κ2) is 7.86. The fourth-order valence-corrected chi connectivity index (χ4v) is 4.24. The maximum atomic E-state index is 13.1. The second-order valence-corrected chi connectivity index (χ2v) is 7.93. The number of rotatable bonds is 6. The molecule has 0 bridgehead atoms. The van der Waals surface area contributed by atoms with E-state index in [2.05, 4.69) is 28.7 Å². The van der Waals surface area contributed by atoms with Crippen LogP contribution in [0.3, 0.4) is 0 Å². The molecule has 30 heavy (non-hydrogen) atoms. The third kappa shape index (κ3) is 3.43. The molecule has 4 rings (SSSR count). The number of carbonyl (C=O) groups excluding carboxylic acids is 2. The quantitative estimate of drug-likeness (QED) is 0.723. The van der Waals surface area contributed by atoms with Crippen LogP contribution >= 0.6 is 0 Å². The van der Waals surface area contributed by atoms with E-state index in [1.54, 1.807) is 0 Å². The minimum atomic E-state index is -0.111. The van der Waals surface area contributed by atoms with Crippen LogP contribution in [0.2, 0.25) is 0 Å². The molecular weight excluding hydrogens is 376 g/mol. The number of amides is 2. The Morgan fingerprint density at radius 1 is 1.27 bits per heavy atom. The molecule has 3 heterocycles. The topological polar surface area (TPSA) is 68.4 Å². The van der Waals surface area contributed by atoms with E-state index in [4.69, 9.17) is 0 Å². The number of nitrogens with one attached hydrogen (secondary N) is 2. The first-order valence-corrected chi connectivity index (χ1v) is 10.4. The molecule has 2 aromatic rings. The number of fused-ring (bicyclic) bond motifs is 2. The number of likely N-dealkylation sites (N-methyl/N-ethyl adjacent to an activating group) is 1. The van der Waals surface area contributed by atoms with Gasteiger partial charge in [-0.3, -0.25) is 9.59 Å². The lowest BCUT2D eigenvalue weighted by atomic mass is 10.0. The molecule has 6 heteroatoms. The van der Waals surface area contributed by atoms with Gasteiger partial charge in [0.25, 0.3) is 11.8 Å². The van der Waals surface area contributed by atoms with Crippen molar-refractivity contribution in [2.45, 2.75) is 27.2 Å². The molecule has 0 aliphatic carbocycles. The molecule has 2 aliphatic heterocycles. The van der Waals surface area contributed by atoms with Crippen LogP contribution in [0, 0.1) is 13.8 Å². The van der Waals surface area contributed by atoms with Crippen LogP contribution in [0.15, 0.2) is 31.0 Å². The van der Waals surface area contributed by atoms with Crippen molar-refractivity contribution < 1.29 is 9.59 Å². The van der Waals surface area contributed by atoms with Gasteiger partial charge in [-0.15, -0.1) is 0 Å². The maximum Gasteiger partial charge on any atom is 0.256 e. The highest BCUT2D eigenvalue weighted by atomic mass is 16.2. The molecule has 0 fully saturated rings. The van der Waals surface area contributed by atoms with Crippen molar-refractivity contribution in [1.82, 2.24) is 14.8 Å². The summed E-state index contributed by atoms with van der Waals surface area (Å²) in [6.45, 7) is 12.9. The Labute approximate surface area is 177 Å². The monoisotopic (exact) mass is 404 g/mol. The molecule has 1 aromatic carbocycles. The fraction of sp³-hybridized carbons (Fsp3) is 0.333. The number of hydrogen-bond donors (Lipinski definition) is 2. The summed E-state index contributed by atoms with van der Waals surface area (Å²) in [7, 11) is 0. The van der Waals surface area contributed by atoms with Crippen molar-refractivity contribution in [2.24, 2.45) is 0 Å². The number of aromatic nitrogens is 1. The molecule has 0 saturated carbocycles. The molecule has 156 valence electrons. The SMILES string of the molecule is C=CN(CC)CCN1CCc2[nH]c(/C=C3\C(=O)Nc4ccc(C)cc43)c(C)c2C1=O. The first kappa shape index (κ1) is 20.0. The van der Waals surface area contributed by atoms with Crippen molar-refractivity contribution in [3.05, 3.63) is 64.6 Å². The Morgan fingerprint density at radius 3 is 2.80 bits per heavy atom. The van der Waals surface area contributed by atoms with Crippen LogP contribution in [0.4, 0.5) is 5.69 Å². The molecule has 2 amide bonds. The average molecular weight is 405 g/mol. The minimum Gasteiger partial charge on any atom is -0.376 e. The highest BCUT2D eigenvalue weighted by Gasteiger charge is 2.30. The lowest BCUT2D eigenvalue weighted by Crippen LogP contribution is -2.41. The molecule has 1 aromatic heterocycles. The van der Waals surface area contributed by atoms with Crippen LogP contribution < -0.4 is 5.32 Å². The summed E-state index contributed by atoms with van der Waals surface area (Å²) in [6, 6.07) is 5.93. The van der Waals surface area contributed by atoms with Crippen LogP contribution in [0.1, 0.15) is 45.4 Å². The number of nitrogens with zero attached hydrogens (tertiary/aromatic N) is 2. The zero-order valence-corrected chi connectivity index (χ0v) is 17.8. The summed E-state index contributed by atoms with van der Waals surface area (Å²) in [5, 5.41) is 2.92. The maximum absolute atomic E-state index is 13.1. The average Bonchev–Trinajstić information content (AvgIpc) is 3.21. The second-order valence-electron chi connectivity index (χ2n) is 7.93. The highest BCUT2D eigenvalue weighted by Crippen LogP contribution is 2.35. The predicted octanol–water partition coefficient (Wildman–Crippen LogP) is 3.59. The third-order valence-electron chi connectivity index (χ3n) is 6.07. The molecule has 2 N–H and O–H groups in total. The van der Waals surface area contributed by atoms with Gasteiger partial charge in [0.15, 0.2) is 0 Å². The fourth-order valence-electron chi connectivity index (χ4n) is 4.24. The number of aryl methyl sites for hydroxylation is 1. The van der Waals surface area contributed by atoms with Gasteiger partial charge < -0.3 is 20.1 Å². The van der Waals surface area contributed by atoms with E-state index in [0.29, 0.717) is 18.7 Å². The van der Waals surface area contributed by atoms with Gasteiger partial charge in [0.05, 0.1) is 11.1 Å². The van der Waals surface area contributed by atoms with Gasteiger partial charge in [-0.1, -0.05) is 18.2 Å². The van der Waals surface area contributed by atoms with Crippen molar-refractivity contribution in [1.29, 1.82) is 0 Å². The summed E-state index contributed by atoms with van der Waals surface area (Å²) in [5.41, 5.74) is 6.90. The Balaban J connectivity index is 1.63. The number of H-pyrrole nitrogens is 1. The number of hydrogen-bond acceptors (Lipinski definition) is 3. The van der Waals surface area contributed by atoms with Crippen molar-refractivity contribution in [2.75, 3.05) is 31.5 Å². The lowest BCUT2D eigenvalue weighted by molar-refractivity contribution is -0.110. The molecule has 2 aliphatic rings. The van der Waals surface area contributed by atoms with Gasteiger partial charge in [0, 0.05) is 55.2 Å². The van der Waals surface area contributed by atoms with Crippen LogP contribution in [0.25, 0.3) is 11.6 Å². The minimum absolute atomic E-state index is 0.0573. The largest absolute Gasteiger partial charge is 0.376 e. The summed E-state index contributed by atoms with van der Waals surface area (Å²) in [6.07, 6.45) is 4.48. The highest BCUT2D eigenvalue weighted by molar-refractivity contribution is 6.35. The van der Waals surface area contributed by atoms with Gasteiger partial charge in [-0.25, -0.2) is 0 Å². The number of aromatic amines is 1. The number of benzene rings is 1. The van der Waals surface area contributed by atoms with E-state index in [1.165, 1.54) is 0 Å². The van der Waals surface area contributed by atoms with E-state index in [1.807, 2.05) is 49.2 Å². The van der Waals surface area contributed by atoms with E-state index in [9.17, 15) is 9.59 Å². The molecule has 0 unspecified atom stereocenters. The van der Waals surface area contributed by atoms with Gasteiger partial charge in [-0.05, 0) is 50.7 Å². The Morgan fingerprint density at radius 2 is 2.07 bits per heavy atom. The molecule has 0 radical (unpaired) electrons. The van der Waals surface area contributed by atoms with E-state index in [-0.39, 0.29) is 11.8 Å². The van der Waals surface area contributed by atoms with Crippen LogP contribution in [-0.2, 0) is 11.2 Å².